The van der Waals surface area contributed by atoms with Gasteiger partial charge in [0.05, 0.1) is 6.04 Å². The molecule has 0 fully saturated rings. The van der Waals surface area contributed by atoms with Gasteiger partial charge in [-0.15, -0.1) is 0 Å². The smallest absolute Gasteiger partial charge is 0.295 e. The van der Waals surface area contributed by atoms with Crippen molar-refractivity contribution in [2.24, 2.45) is 5.73 Å². The van der Waals surface area contributed by atoms with Crippen LogP contribution in [0, 0.1) is 0 Å². The number of hydrogen-bond donors (Lipinski definition) is 2. The second-order valence-corrected chi connectivity index (χ2v) is 1.83. The molecule has 56 valence electrons. The topological polar surface area (TPSA) is 64.7 Å². The molecule has 0 aromatic rings. The molecule has 9 heavy (non-hydrogen) atoms. The lowest BCUT2D eigenvalue weighted by Crippen LogP contribution is -2.49. The first-order valence-corrected chi connectivity index (χ1v) is 2.65. The molecule has 0 aromatic carbocycles. The van der Waals surface area contributed by atoms with Crippen LogP contribution in [-0.4, -0.2) is 31.3 Å². The van der Waals surface area contributed by atoms with Gasteiger partial charge in [-0.3, -0.25) is 0 Å². The first-order chi connectivity index (χ1) is 4.06. The highest BCUT2D eigenvalue weighted by molar-refractivity contribution is 4.64. The molecule has 1 atom stereocenters. The van der Waals surface area contributed by atoms with Crippen LogP contribution in [0.3, 0.4) is 0 Å². The summed E-state index contributed by atoms with van der Waals surface area (Å²) >= 11 is 0. The van der Waals surface area contributed by atoms with Crippen LogP contribution < -0.4 is 5.73 Å². The minimum atomic E-state index is -1.64. The predicted molar refractivity (Wildman–Crippen MR) is 32.6 cm³/mol. The molecular weight excluding hydrogens is 122 g/mol. The average Bonchev–Trinajstić information content (AvgIpc) is 1.86. The summed E-state index contributed by atoms with van der Waals surface area (Å²) in [5.74, 6) is -1.64. The van der Waals surface area contributed by atoms with Crippen molar-refractivity contribution in [3.63, 3.8) is 0 Å². The van der Waals surface area contributed by atoms with Gasteiger partial charge in [-0.2, -0.15) is 0 Å². The highest BCUT2D eigenvalue weighted by Gasteiger charge is 2.30. The highest BCUT2D eigenvalue weighted by atomic mass is 16.8. The number of ether oxygens (including phenoxy) is 2. The van der Waals surface area contributed by atoms with Crippen molar-refractivity contribution >= 4 is 0 Å². The molecule has 0 aliphatic carbocycles. The van der Waals surface area contributed by atoms with Gasteiger partial charge in [0.1, 0.15) is 0 Å². The van der Waals surface area contributed by atoms with Crippen LogP contribution in [0.4, 0.5) is 0 Å². The molecular formula is C5H13NO3. The summed E-state index contributed by atoms with van der Waals surface area (Å²) in [4.78, 5) is 0. The third kappa shape index (κ3) is 1.91. The van der Waals surface area contributed by atoms with Crippen molar-refractivity contribution in [1.29, 1.82) is 0 Å². The van der Waals surface area contributed by atoms with E-state index in [1.54, 1.807) is 6.92 Å². The van der Waals surface area contributed by atoms with E-state index >= 15 is 0 Å². The maximum atomic E-state index is 9.14. The molecule has 0 rings (SSSR count). The van der Waals surface area contributed by atoms with E-state index < -0.39 is 12.0 Å². The van der Waals surface area contributed by atoms with Crippen molar-refractivity contribution < 1.29 is 14.6 Å². The van der Waals surface area contributed by atoms with Crippen molar-refractivity contribution in [2.75, 3.05) is 14.2 Å². The summed E-state index contributed by atoms with van der Waals surface area (Å²) in [7, 11) is 2.65. The Morgan fingerprint density at radius 3 is 1.78 bits per heavy atom. The molecule has 0 heterocycles. The second kappa shape index (κ2) is 3.12. The zero-order valence-electron chi connectivity index (χ0n) is 5.92. The number of rotatable bonds is 3. The molecule has 0 saturated heterocycles. The van der Waals surface area contributed by atoms with Crippen LogP contribution in [0.2, 0.25) is 0 Å². The Balaban J connectivity index is 3.92. The van der Waals surface area contributed by atoms with Crippen LogP contribution in [0.1, 0.15) is 6.92 Å². The summed E-state index contributed by atoms with van der Waals surface area (Å²) in [6, 6.07) is -0.563. The van der Waals surface area contributed by atoms with E-state index in [9.17, 15) is 0 Å². The van der Waals surface area contributed by atoms with E-state index in [2.05, 4.69) is 9.47 Å². The van der Waals surface area contributed by atoms with Crippen LogP contribution in [0.15, 0.2) is 0 Å². The van der Waals surface area contributed by atoms with Crippen molar-refractivity contribution in [1.82, 2.24) is 0 Å². The summed E-state index contributed by atoms with van der Waals surface area (Å²) in [6.07, 6.45) is 0. The molecule has 4 heteroatoms. The zero-order chi connectivity index (χ0) is 7.49. The van der Waals surface area contributed by atoms with Gasteiger partial charge in [0.2, 0.25) is 0 Å². The van der Waals surface area contributed by atoms with Gasteiger partial charge >= 0.3 is 0 Å². The van der Waals surface area contributed by atoms with Crippen LogP contribution >= 0.6 is 0 Å². The first kappa shape index (κ1) is 8.84. The lowest BCUT2D eigenvalue weighted by Gasteiger charge is -2.27. The summed E-state index contributed by atoms with van der Waals surface area (Å²) in [5, 5.41) is 9.14. The molecule has 0 radical (unpaired) electrons. The minimum Gasteiger partial charge on any atom is -0.342 e. The lowest BCUT2D eigenvalue weighted by molar-refractivity contribution is -0.347. The fourth-order valence-corrected chi connectivity index (χ4v) is 0.455. The highest BCUT2D eigenvalue weighted by Crippen LogP contribution is 2.08. The van der Waals surface area contributed by atoms with Crippen molar-refractivity contribution in [3.8, 4) is 0 Å². The third-order valence-electron chi connectivity index (χ3n) is 1.16. The largest absolute Gasteiger partial charge is 0.342 e. The van der Waals surface area contributed by atoms with Crippen LogP contribution in [0.25, 0.3) is 0 Å². The molecule has 0 bridgehead atoms. The van der Waals surface area contributed by atoms with Crippen LogP contribution in [-0.2, 0) is 9.47 Å². The number of methoxy groups -OCH3 is 2. The van der Waals surface area contributed by atoms with Gasteiger partial charge in [0.15, 0.2) is 0 Å². The summed E-state index contributed by atoms with van der Waals surface area (Å²) < 4.78 is 9.11. The minimum absolute atomic E-state index is 0.563. The summed E-state index contributed by atoms with van der Waals surface area (Å²) in [6.45, 7) is 1.59. The van der Waals surface area contributed by atoms with E-state index in [0.717, 1.165) is 0 Å². The third-order valence-corrected chi connectivity index (χ3v) is 1.16. The molecule has 3 N–H and O–H groups in total. The van der Waals surface area contributed by atoms with Gasteiger partial charge < -0.3 is 20.3 Å². The van der Waals surface area contributed by atoms with Gasteiger partial charge in [0, 0.05) is 14.2 Å². The van der Waals surface area contributed by atoms with Gasteiger partial charge in [-0.05, 0) is 6.92 Å². The van der Waals surface area contributed by atoms with E-state index in [4.69, 9.17) is 10.8 Å². The normalized spacial score (nSPS) is 15.7. The monoisotopic (exact) mass is 135 g/mol. The number of hydrogen-bond acceptors (Lipinski definition) is 4. The molecule has 4 nitrogen and oxygen atoms in total. The maximum absolute atomic E-state index is 9.14. The zero-order valence-corrected chi connectivity index (χ0v) is 5.92. The Hall–Kier alpha value is -0.160. The van der Waals surface area contributed by atoms with Gasteiger partial charge in [0.25, 0.3) is 5.97 Å². The van der Waals surface area contributed by atoms with E-state index in [-0.39, 0.29) is 0 Å². The fraction of sp³-hybridized carbons (Fsp3) is 1.00. The van der Waals surface area contributed by atoms with Gasteiger partial charge in [-0.1, -0.05) is 0 Å². The molecule has 0 spiro atoms. The quantitative estimate of drug-likeness (QED) is 0.501. The molecule has 0 aliphatic heterocycles. The molecule has 0 amide bonds. The molecule has 0 aromatic heterocycles. The Labute approximate surface area is 54.6 Å². The van der Waals surface area contributed by atoms with Crippen molar-refractivity contribution in [3.05, 3.63) is 0 Å². The predicted octanol–water partition coefficient (Wildman–Crippen LogP) is -0.727. The number of nitrogens with two attached hydrogens (primary N) is 1. The Morgan fingerprint density at radius 1 is 1.44 bits per heavy atom. The number of aliphatic hydroxyl groups is 1. The Kier molecular flexibility index (Phi) is 3.07. The van der Waals surface area contributed by atoms with Crippen LogP contribution in [0.5, 0.6) is 0 Å². The Morgan fingerprint density at radius 2 is 1.78 bits per heavy atom. The molecule has 0 saturated carbocycles. The average molecular weight is 135 g/mol. The second-order valence-electron chi connectivity index (χ2n) is 1.83. The fourth-order valence-electron chi connectivity index (χ4n) is 0.455. The molecule has 0 aliphatic rings. The SMILES string of the molecule is COC(O)(OC)[C@@H](C)N. The van der Waals surface area contributed by atoms with Gasteiger partial charge in [-0.25, -0.2) is 0 Å². The first-order valence-electron chi connectivity index (χ1n) is 2.65. The molecule has 0 unspecified atom stereocenters. The van der Waals surface area contributed by atoms with E-state index in [1.165, 1.54) is 14.2 Å². The standard InChI is InChI=1S/C5H13NO3/c1-4(6)5(7,8-2)9-3/h4,7H,6H2,1-3H3/t4-/m1/s1. The maximum Gasteiger partial charge on any atom is 0.295 e. The Bertz CT molecular complexity index is 80.3. The lowest BCUT2D eigenvalue weighted by atomic mass is 10.3. The van der Waals surface area contributed by atoms with Crippen molar-refractivity contribution in [2.45, 2.75) is 18.9 Å². The van der Waals surface area contributed by atoms with E-state index in [1.807, 2.05) is 0 Å². The summed E-state index contributed by atoms with van der Waals surface area (Å²) in [5.41, 5.74) is 5.29. The van der Waals surface area contributed by atoms with E-state index in [0.29, 0.717) is 0 Å².